The zero-order valence-electron chi connectivity index (χ0n) is 13.1. The van der Waals surface area contributed by atoms with Crippen LogP contribution in [-0.4, -0.2) is 48.8 Å². The number of carbonyl (C=O) groups excluding carboxylic acids is 3. The lowest BCUT2D eigenvalue weighted by molar-refractivity contribution is 0.0693. The van der Waals surface area contributed by atoms with Gasteiger partial charge >= 0.3 is 0 Å². The molecule has 2 atom stereocenters. The van der Waals surface area contributed by atoms with Crippen LogP contribution in [0.5, 0.6) is 0 Å². The van der Waals surface area contributed by atoms with Gasteiger partial charge in [-0.1, -0.05) is 6.92 Å². The SMILES string of the molecule is CC1CNCCC1NC(=O)c1ccc2c(c1)C(=O)N(C)C2=O.Cl. The van der Waals surface area contributed by atoms with E-state index >= 15 is 0 Å². The fourth-order valence-corrected chi connectivity index (χ4v) is 2.98. The molecule has 1 saturated heterocycles. The van der Waals surface area contributed by atoms with Crippen molar-refractivity contribution in [1.82, 2.24) is 15.5 Å². The molecule has 23 heavy (non-hydrogen) atoms. The molecule has 0 aliphatic carbocycles. The Morgan fingerprint density at radius 1 is 1.26 bits per heavy atom. The van der Waals surface area contributed by atoms with Crippen LogP contribution in [0, 0.1) is 5.92 Å². The summed E-state index contributed by atoms with van der Waals surface area (Å²) in [5.41, 5.74) is 1.08. The van der Waals surface area contributed by atoms with Crippen molar-refractivity contribution in [3.05, 3.63) is 34.9 Å². The molecule has 0 bridgehead atoms. The minimum absolute atomic E-state index is 0. The van der Waals surface area contributed by atoms with Crippen LogP contribution in [0.25, 0.3) is 0 Å². The van der Waals surface area contributed by atoms with Crippen molar-refractivity contribution in [3.63, 3.8) is 0 Å². The first-order valence-electron chi connectivity index (χ1n) is 7.47. The second-order valence-electron chi connectivity index (χ2n) is 5.98. The summed E-state index contributed by atoms with van der Waals surface area (Å²) in [6.45, 7) is 3.86. The zero-order valence-corrected chi connectivity index (χ0v) is 13.9. The molecule has 3 rings (SSSR count). The monoisotopic (exact) mass is 337 g/mol. The van der Waals surface area contributed by atoms with Crippen molar-refractivity contribution in [2.24, 2.45) is 5.92 Å². The molecule has 6 nitrogen and oxygen atoms in total. The van der Waals surface area contributed by atoms with Crippen LogP contribution < -0.4 is 10.6 Å². The quantitative estimate of drug-likeness (QED) is 0.791. The molecule has 7 heteroatoms. The summed E-state index contributed by atoms with van der Waals surface area (Å²) >= 11 is 0. The fourth-order valence-electron chi connectivity index (χ4n) is 2.98. The molecule has 0 saturated carbocycles. The van der Waals surface area contributed by atoms with Crippen LogP contribution >= 0.6 is 12.4 Å². The van der Waals surface area contributed by atoms with Crippen LogP contribution in [0.3, 0.4) is 0 Å². The van der Waals surface area contributed by atoms with Crippen molar-refractivity contribution < 1.29 is 14.4 Å². The number of piperidine rings is 1. The first kappa shape index (κ1) is 17.4. The number of hydrogen-bond donors (Lipinski definition) is 2. The van der Waals surface area contributed by atoms with E-state index in [2.05, 4.69) is 17.6 Å². The summed E-state index contributed by atoms with van der Waals surface area (Å²) < 4.78 is 0. The van der Waals surface area contributed by atoms with E-state index in [1.165, 1.54) is 13.1 Å². The lowest BCUT2D eigenvalue weighted by Gasteiger charge is -2.30. The lowest BCUT2D eigenvalue weighted by atomic mass is 9.95. The number of fused-ring (bicyclic) bond motifs is 1. The third-order valence-corrected chi connectivity index (χ3v) is 4.45. The number of nitrogens with zero attached hydrogens (tertiary/aromatic N) is 1. The van der Waals surface area contributed by atoms with Gasteiger partial charge in [-0.15, -0.1) is 12.4 Å². The Morgan fingerprint density at radius 3 is 2.65 bits per heavy atom. The van der Waals surface area contributed by atoms with Crippen LogP contribution in [0.1, 0.15) is 44.4 Å². The van der Waals surface area contributed by atoms with Gasteiger partial charge in [-0.2, -0.15) is 0 Å². The smallest absolute Gasteiger partial charge is 0.261 e. The summed E-state index contributed by atoms with van der Waals surface area (Å²) in [7, 11) is 1.45. The number of imide groups is 1. The summed E-state index contributed by atoms with van der Waals surface area (Å²) in [5, 5.41) is 6.31. The first-order valence-corrected chi connectivity index (χ1v) is 7.47. The highest BCUT2D eigenvalue weighted by Gasteiger charge is 2.33. The highest BCUT2D eigenvalue weighted by molar-refractivity contribution is 6.21. The maximum atomic E-state index is 12.4. The van der Waals surface area contributed by atoms with Crippen molar-refractivity contribution in [3.8, 4) is 0 Å². The Labute approximate surface area is 141 Å². The predicted octanol–water partition coefficient (Wildman–Crippen LogP) is 1.06. The third kappa shape index (κ3) is 3.09. The molecule has 1 aromatic carbocycles. The molecule has 0 spiro atoms. The molecule has 2 N–H and O–H groups in total. The molecule has 2 aliphatic heterocycles. The fraction of sp³-hybridized carbons (Fsp3) is 0.438. The van der Waals surface area contributed by atoms with Gasteiger partial charge in [0, 0.05) is 18.7 Å². The Balaban J connectivity index is 0.00000192. The van der Waals surface area contributed by atoms with Gasteiger partial charge in [-0.25, -0.2) is 0 Å². The topological polar surface area (TPSA) is 78.5 Å². The number of amides is 3. The molecule has 2 unspecified atom stereocenters. The predicted molar refractivity (Wildman–Crippen MR) is 88.0 cm³/mol. The average Bonchev–Trinajstić information content (AvgIpc) is 2.74. The van der Waals surface area contributed by atoms with E-state index in [4.69, 9.17) is 0 Å². The van der Waals surface area contributed by atoms with Gasteiger partial charge in [-0.3, -0.25) is 19.3 Å². The number of benzene rings is 1. The van der Waals surface area contributed by atoms with Crippen LogP contribution in [0.2, 0.25) is 0 Å². The van der Waals surface area contributed by atoms with Gasteiger partial charge in [0.1, 0.15) is 0 Å². The summed E-state index contributed by atoms with van der Waals surface area (Å²) in [6, 6.07) is 4.80. The minimum Gasteiger partial charge on any atom is -0.349 e. The van der Waals surface area contributed by atoms with E-state index in [0.29, 0.717) is 22.6 Å². The standard InChI is InChI=1S/C16H19N3O3.ClH/c1-9-8-17-6-5-13(9)18-14(20)10-3-4-11-12(7-10)16(22)19(2)15(11)21;/h3-4,7,9,13,17H,5-6,8H2,1-2H3,(H,18,20);1H. The minimum atomic E-state index is -0.357. The average molecular weight is 338 g/mol. The molecule has 1 aromatic rings. The number of halogens is 1. The lowest BCUT2D eigenvalue weighted by Crippen LogP contribution is -2.48. The van der Waals surface area contributed by atoms with E-state index in [0.717, 1.165) is 24.4 Å². The summed E-state index contributed by atoms with van der Waals surface area (Å²) in [6.07, 6.45) is 0.887. The summed E-state index contributed by atoms with van der Waals surface area (Å²) in [5.74, 6) is -0.512. The maximum absolute atomic E-state index is 12.4. The van der Waals surface area contributed by atoms with Crippen LogP contribution in [-0.2, 0) is 0 Å². The van der Waals surface area contributed by atoms with E-state index < -0.39 is 0 Å². The molecule has 0 aromatic heterocycles. The Hall–Kier alpha value is -1.92. The van der Waals surface area contributed by atoms with E-state index in [-0.39, 0.29) is 36.2 Å². The molecular formula is C16H20ClN3O3. The van der Waals surface area contributed by atoms with Gasteiger partial charge in [0.05, 0.1) is 11.1 Å². The number of carbonyl (C=O) groups is 3. The van der Waals surface area contributed by atoms with Crippen molar-refractivity contribution >= 4 is 30.1 Å². The second kappa shape index (κ2) is 6.68. The van der Waals surface area contributed by atoms with Crippen molar-refractivity contribution in [2.45, 2.75) is 19.4 Å². The molecule has 2 aliphatic rings. The first-order chi connectivity index (χ1) is 10.5. The van der Waals surface area contributed by atoms with E-state index in [1.54, 1.807) is 12.1 Å². The zero-order chi connectivity index (χ0) is 15.9. The largest absolute Gasteiger partial charge is 0.349 e. The number of hydrogen-bond acceptors (Lipinski definition) is 4. The highest BCUT2D eigenvalue weighted by Crippen LogP contribution is 2.23. The Kier molecular flexibility index (Phi) is 5.06. The van der Waals surface area contributed by atoms with Gasteiger partial charge in [0.25, 0.3) is 17.7 Å². The molecule has 124 valence electrons. The third-order valence-electron chi connectivity index (χ3n) is 4.45. The molecule has 3 amide bonds. The molecule has 1 fully saturated rings. The van der Waals surface area contributed by atoms with Gasteiger partial charge in [-0.05, 0) is 43.6 Å². The van der Waals surface area contributed by atoms with Gasteiger partial charge in [0.2, 0.25) is 0 Å². The highest BCUT2D eigenvalue weighted by atomic mass is 35.5. The number of rotatable bonds is 2. The van der Waals surface area contributed by atoms with Crippen LogP contribution in [0.4, 0.5) is 0 Å². The van der Waals surface area contributed by atoms with Crippen molar-refractivity contribution in [2.75, 3.05) is 20.1 Å². The normalized spacial score (nSPS) is 23.3. The molecule has 2 heterocycles. The number of nitrogens with one attached hydrogen (secondary N) is 2. The summed E-state index contributed by atoms with van der Waals surface area (Å²) in [4.78, 5) is 37.3. The molecular weight excluding hydrogens is 318 g/mol. The van der Waals surface area contributed by atoms with Gasteiger partial charge in [0.15, 0.2) is 0 Å². The van der Waals surface area contributed by atoms with Crippen molar-refractivity contribution in [1.29, 1.82) is 0 Å². The Bertz CT molecular complexity index is 662. The Morgan fingerprint density at radius 2 is 1.96 bits per heavy atom. The van der Waals surface area contributed by atoms with E-state index in [9.17, 15) is 14.4 Å². The maximum Gasteiger partial charge on any atom is 0.261 e. The molecule has 0 radical (unpaired) electrons. The van der Waals surface area contributed by atoms with Gasteiger partial charge < -0.3 is 10.6 Å². The second-order valence-corrected chi connectivity index (χ2v) is 5.98. The van der Waals surface area contributed by atoms with Crippen LogP contribution in [0.15, 0.2) is 18.2 Å². The van der Waals surface area contributed by atoms with E-state index in [1.807, 2.05) is 0 Å².